The van der Waals surface area contributed by atoms with Crippen molar-refractivity contribution in [2.75, 3.05) is 7.11 Å². The lowest BCUT2D eigenvalue weighted by Gasteiger charge is -2.15. The molecule has 0 bridgehead atoms. The molecule has 1 heterocycles. The van der Waals surface area contributed by atoms with Gasteiger partial charge in [0.1, 0.15) is 6.33 Å². The van der Waals surface area contributed by atoms with E-state index in [-0.39, 0.29) is 11.9 Å². The van der Waals surface area contributed by atoms with Gasteiger partial charge in [-0.15, -0.1) is 5.10 Å². The fraction of sp³-hybridized carbons (Fsp3) is 0.333. The molecule has 0 fully saturated rings. The molecule has 0 aliphatic heterocycles. The number of esters is 1. The molecular weight excluding hydrogens is 232 g/mol. The van der Waals surface area contributed by atoms with Crippen LogP contribution in [0.5, 0.6) is 0 Å². The lowest BCUT2D eigenvalue weighted by Crippen LogP contribution is -2.15. The smallest absolute Gasteiger partial charge is 0.306 e. The van der Waals surface area contributed by atoms with Crippen molar-refractivity contribution in [2.24, 2.45) is 0 Å². The summed E-state index contributed by atoms with van der Waals surface area (Å²) in [7, 11) is 1.39. The Morgan fingerprint density at radius 1 is 1.39 bits per heavy atom. The Balaban J connectivity index is 2.15. The lowest BCUT2D eigenvalue weighted by molar-refractivity contribution is -0.141. The molecule has 18 heavy (non-hydrogen) atoms. The van der Waals surface area contributed by atoms with Gasteiger partial charge in [0.05, 0.1) is 20.1 Å². The minimum atomic E-state index is -0.239. The summed E-state index contributed by atoms with van der Waals surface area (Å²) in [5.41, 5.74) is 1.07. The second kappa shape index (κ2) is 5.90. The first-order valence-corrected chi connectivity index (χ1v) is 5.62. The van der Waals surface area contributed by atoms with Crippen LogP contribution in [-0.4, -0.2) is 33.3 Å². The van der Waals surface area contributed by atoms with Gasteiger partial charge in [-0.05, 0) is 16.0 Å². The molecular formula is C12H14N4O2. The number of methoxy groups -OCH3 is 1. The van der Waals surface area contributed by atoms with Gasteiger partial charge in [-0.1, -0.05) is 30.3 Å². The maximum Gasteiger partial charge on any atom is 0.306 e. The predicted molar refractivity (Wildman–Crippen MR) is 63.6 cm³/mol. The Morgan fingerprint density at radius 2 is 2.17 bits per heavy atom. The van der Waals surface area contributed by atoms with E-state index in [1.165, 1.54) is 13.4 Å². The van der Waals surface area contributed by atoms with E-state index in [0.717, 1.165) is 5.56 Å². The summed E-state index contributed by atoms with van der Waals surface area (Å²) in [4.78, 5) is 11.4. The molecule has 6 heteroatoms. The summed E-state index contributed by atoms with van der Waals surface area (Å²) >= 11 is 0. The minimum Gasteiger partial charge on any atom is -0.469 e. The van der Waals surface area contributed by atoms with Crippen LogP contribution in [-0.2, 0) is 16.1 Å². The second-order valence-electron chi connectivity index (χ2n) is 3.92. The Morgan fingerprint density at radius 3 is 2.78 bits per heavy atom. The molecule has 0 spiro atoms. The van der Waals surface area contributed by atoms with Crippen molar-refractivity contribution in [3.05, 3.63) is 42.2 Å². The minimum absolute atomic E-state index is 0.00199. The van der Waals surface area contributed by atoms with Crippen molar-refractivity contribution in [3.63, 3.8) is 0 Å². The average molecular weight is 246 g/mol. The number of carbonyl (C=O) groups is 1. The van der Waals surface area contributed by atoms with Gasteiger partial charge in [0, 0.05) is 5.92 Å². The number of carbonyl (C=O) groups excluding carboxylic acids is 1. The van der Waals surface area contributed by atoms with Gasteiger partial charge in [-0.2, -0.15) is 0 Å². The molecule has 2 aromatic rings. The summed E-state index contributed by atoms with van der Waals surface area (Å²) in [6.45, 7) is 0.548. The highest BCUT2D eigenvalue weighted by atomic mass is 16.5. The molecule has 1 atom stereocenters. The fourth-order valence-electron chi connectivity index (χ4n) is 1.79. The summed E-state index contributed by atoms with van der Waals surface area (Å²) in [5.74, 6) is -0.237. The highest BCUT2D eigenvalue weighted by molar-refractivity contribution is 5.70. The van der Waals surface area contributed by atoms with E-state index in [1.54, 1.807) is 4.68 Å². The van der Waals surface area contributed by atoms with E-state index in [4.69, 9.17) is 4.74 Å². The number of benzene rings is 1. The zero-order valence-electron chi connectivity index (χ0n) is 10.1. The van der Waals surface area contributed by atoms with E-state index in [9.17, 15) is 4.79 Å². The molecule has 2 rings (SSSR count). The van der Waals surface area contributed by atoms with E-state index in [0.29, 0.717) is 13.0 Å². The van der Waals surface area contributed by atoms with Gasteiger partial charge >= 0.3 is 5.97 Å². The van der Waals surface area contributed by atoms with Crippen LogP contribution in [0.15, 0.2) is 36.7 Å². The van der Waals surface area contributed by atoms with Crippen LogP contribution in [0.25, 0.3) is 0 Å². The Hall–Kier alpha value is -2.24. The van der Waals surface area contributed by atoms with Crippen molar-refractivity contribution < 1.29 is 9.53 Å². The summed E-state index contributed by atoms with van der Waals surface area (Å²) in [6.07, 6.45) is 1.84. The standard InChI is InChI=1S/C12H14N4O2/c1-18-12(17)7-11(8-16-9-13-14-15-16)10-5-3-2-4-6-10/h2-6,9,11H,7-8H2,1H3. The molecule has 0 saturated heterocycles. The molecule has 0 aliphatic rings. The summed E-state index contributed by atoms with van der Waals surface area (Å²) in [6, 6.07) is 9.80. The predicted octanol–water partition coefficient (Wildman–Crippen LogP) is 1.02. The average Bonchev–Trinajstić information content (AvgIpc) is 2.92. The number of ether oxygens (including phenoxy) is 1. The molecule has 0 radical (unpaired) electrons. The molecule has 1 aromatic carbocycles. The third-order valence-corrected chi connectivity index (χ3v) is 2.71. The van der Waals surface area contributed by atoms with Crippen molar-refractivity contribution in [2.45, 2.75) is 18.9 Å². The largest absolute Gasteiger partial charge is 0.469 e. The van der Waals surface area contributed by atoms with Gasteiger partial charge in [-0.25, -0.2) is 4.68 Å². The summed E-state index contributed by atoms with van der Waals surface area (Å²) in [5, 5.41) is 11.0. The normalized spacial score (nSPS) is 12.1. The van der Waals surface area contributed by atoms with Crippen molar-refractivity contribution in [1.29, 1.82) is 0 Å². The molecule has 1 unspecified atom stereocenters. The van der Waals surface area contributed by atoms with Crippen LogP contribution in [0.1, 0.15) is 17.9 Å². The summed E-state index contributed by atoms with van der Waals surface area (Å²) < 4.78 is 6.33. The first-order chi connectivity index (χ1) is 8.79. The van der Waals surface area contributed by atoms with Gasteiger partial charge in [0.15, 0.2) is 0 Å². The molecule has 0 N–H and O–H groups in total. The molecule has 0 aliphatic carbocycles. The first kappa shape index (κ1) is 12.2. The van der Waals surface area contributed by atoms with Crippen LogP contribution in [0.2, 0.25) is 0 Å². The zero-order chi connectivity index (χ0) is 12.8. The van der Waals surface area contributed by atoms with Crippen LogP contribution in [0.4, 0.5) is 0 Å². The molecule has 0 saturated carbocycles. The van der Waals surface area contributed by atoms with Crippen LogP contribution < -0.4 is 0 Å². The van der Waals surface area contributed by atoms with Crippen LogP contribution in [0, 0.1) is 0 Å². The van der Waals surface area contributed by atoms with Crippen LogP contribution >= 0.6 is 0 Å². The zero-order valence-corrected chi connectivity index (χ0v) is 10.1. The number of hydrogen-bond acceptors (Lipinski definition) is 5. The van der Waals surface area contributed by atoms with Gasteiger partial charge in [0.25, 0.3) is 0 Å². The second-order valence-corrected chi connectivity index (χ2v) is 3.92. The monoisotopic (exact) mass is 246 g/mol. The topological polar surface area (TPSA) is 69.9 Å². The quantitative estimate of drug-likeness (QED) is 0.737. The highest BCUT2D eigenvalue weighted by Gasteiger charge is 2.17. The van der Waals surface area contributed by atoms with E-state index >= 15 is 0 Å². The number of rotatable bonds is 5. The van der Waals surface area contributed by atoms with E-state index < -0.39 is 0 Å². The Bertz CT molecular complexity index is 484. The first-order valence-electron chi connectivity index (χ1n) is 5.62. The lowest BCUT2D eigenvalue weighted by atomic mass is 9.96. The highest BCUT2D eigenvalue weighted by Crippen LogP contribution is 2.21. The number of nitrogens with zero attached hydrogens (tertiary/aromatic N) is 4. The van der Waals surface area contributed by atoms with Gasteiger partial charge in [-0.3, -0.25) is 4.79 Å². The van der Waals surface area contributed by atoms with Gasteiger partial charge < -0.3 is 4.74 Å². The Kier molecular flexibility index (Phi) is 4.01. The Labute approximate surface area is 105 Å². The fourth-order valence-corrected chi connectivity index (χ4v) is 1.79. The molecule has 1 aromatic heterocycles. The van der Waals surface area contributed by atoms with Gasteiger partial charge in [0.2, 0.25) is 0 Å². The maximum absolute atomic E-state index is 11.4. The number of aromatic nitrogens is 4. The van der Waals surface area contributed by atoms with Crippen molar-refractivity contribution in [1.82, 2.24) is 20.2 Å². The number of hydrogen-bond donors (Lipinski definition) is 0. The van der Waals surface area contributed by atoms with E-state index in [1.807, 2.05) is 30.3 Å². The van der Waals surface area contributed by atoms with Crippen LogP contribution in [0.3, 0.4) is 0 Å². The number of tetrazole rings is 1. The SMILES string of the molecule is COC(=O)CC(Cn1cnnn1)c1ccccc1. The molecule has 94 valence electrons. The van der Waals surface area contributed by atoms with E-state index in [2.05, 4.69) is 15.5 Å². The third-order valence-electron chi connectivity index (χ3n) is 2.71. The molecule has 6 nitrogen and oxygen atoms in total. The molecule has 0 amide bonds. The maximum atomic E-state index is 11.4. The van der Waals surface area contributed by atoms with Crippen molar-refractivity contribution in [3.8, 4) is 0 Å². The third kappa shape index (κ3) is 3.13. The van der Waals surface area contributed by atoms with Crippen molar-refractivity contribution >= 4 is 5.97 Å².